The van der Waals surface area contributed by atoms with E-state index in [1.165, 1.54) is 12.1 Å². The fraction of sp³-hybridized carbons (Fsp3) is 0.500. The fourth-order valence-electron chi connectivity index (χ4n) is 1.27. The Balaban J connectivity index is 2.11. The zero-order chi connectivity index (χ0) is 12.5. The van der Waals surface area contributed by atoms with Gasteiger partial charge in [-0.05, 0) is 25.1 Å². The summed E-state index contributed by atoms with van der Waals surface area (Å²) in [5, 5.41) is 3.28. The molecule has 17 heavy (non-hydrogen) atoms. The number of hydrogen-bond donors (Lipinski definition) is 1. The quantitative estimate of drug-likeness (QED) is 0.730. The van der Waals surface area contributed by atoms with Crippen molar-refractivity contribution >= 4 is 11.6 Å². The lowest BCUT2D eigenvalue weighted by Crippen LogP contribution is -2.22. The first-order valence-electron chi connectivity index (χ1n) is 5.51. The Hall–Kier alpha value is -0.840. The van der Waals surface area contributed by atoms with Gasteiger partial charge >= 0.3 is 0 Å². The van der Waals surface area contributed by atoms with Crippen LogP contribution in [0.5, 0.6) is 5.75 Å². The topological polar surface area (TPSA) is 30.5 Å². The first-order valence-corrected chi connectivity index (χ1v) is 5.89. The molecule has 0 aliphatic heterocycles. The molecule has 0 aliphatic carbocycles. The molecule has 0 spiro atoms. The molecule has 0 heterocycles. The Morgan fingerprint density at radius 1 is 1.29 bits per heavy atom. The fourth-order valence-corrected chi connectivity index (χ4v) is 1.44. The Labute approximate surface area is 106 Å². The molecule has 0 amide bonds. The summed E-state index contributed by atoms with van der Waals surface area (Å²) in [5.41, 5.74) is 0. The molecule has 0 aliphatic rings. The molecular weight excluding hydrogens is 245 g/mol. The minimum Gasteiger partial charge on any atom is -0.492 e. The Morgan fingerprint density at radius 2 is 2.12 bits per heavy atom. The second kappa shape index (κ2) is 8.28. The summed E-state index contributed by atoms with van der Waals surface area (Å²) in [4.78, 5) is 0. The summed E-state index contributed by atoms with van der Waals surface area (Å²) >= 11 is 5.63. The van der Waals surface area contributed by atoms with Gasteiger partial charge in [-0.25, -0.2) is 4.39 Å². The summed E-state index contributed by atoms with van der Waals surface area (Å²) in [6.45, 7) is 2.90. The van der Waals surface area contributed by atoms with Gasteiger partial charge in [0.15, 0.2) is 0 Å². The summed E-state index contributed by atoms with van der Waals surface area (Å²) in [6.07, 6.45) is 0.971. The number of benzene rings is 1. The second-order valence-corrected chi connectivity index (χ2v) is 3.93. The van der Waals surface area contributed by atoms with E-state index in [9.17, 15) is 4.39 Å². The van der Waals surface area contributed by atoms with Gasteiger partial charge in [0.2, 0.25) is 0 Å². The van der Waals surface area contributed by atoms with Gasteiger partial charge in [-0.2, -0.15) is 0 Å². The molecule has 1 aromatic rings. The van der Waals surface area contributed by atoms with Crippen molar-refractivity contribution in [1.82, 2.24) is 5.32 Å². The molecule has 3 nitrogen and oxygen atoms in total. The molecule has 0 radical (unpaired) electrons. The molecule has 1 N–H and O–H groups in total. The molecule has 0 saturated heterocycles. The average Bonchev–Trinajstić information content (AvgIpc) is 2.32. The monoisotopic (exact) mass is 261 g/mol. The van der Waals surface area contributed by atoms with Crippen LogP contribution in [0.2, 0.25) is 5.02 Å². The summed E-state index contributed by atoms with van der Waals surface area (Å²) in [7, 11) is 1.68. The summed E-state index contributed by atoms with van der Waals surface area (Å²) in [6, 6.07) is 4.33. The van der Waals surface area contributed by atoms with Crippen molar-refractivity contribution in [2.24, 2.45) is 0 Å². The zero-order valence-corrected chi connectivity index (χ0v) is 10.6. The van der Waals surface area contributed by atoms with Crippen molar-refractivity contribution in [2.75, 3.05) is 33.4 Å². The number of halogens is 2. The molecule has 0 saturated carbocycles. The van der Waals surface area contributed by atoms with Gasteiger partial charge in [0.05, 0.1) is 5.02 Å². The smallest absolute Gasteiger partial charge is 0.142 e. The van der Waals surface area contributed by atoms with Crippen LogP contribution >= 0.6 is 11.6 Å². The number of methoxy groups -OCH3 is 1. The van der Waals surface area contributed by atoms with Crippen molar-refractivity contribution < 1.29 is 13.9 Å². The first kappa shape index (κ1) is 14.2. The van der Waals surface area contributed by atoms with Crippen molar-refractivity contribution in [2.45, 2.75) is 6.42 Å². The lowest BCUT2D eigenvalue weighted by molar-refractivity contribution is 0.193. The third-order valence-corrected chi connectivity index (χ3v) is 2.43. The molecular formula is C12H17ClFNO2. The maximum atomic E-state index is 12.8. The third kappa shape index (κ3) is 5.86. The Bertz CT molecular complexity index is 336. The van der Waals surface area contributed by atoms with Gasteiger partial charge in [0.25, 0.3) is 0 Å². The molecule has 0 fully saturated rings. The van der Waals surface area contributed by atoms with Crippen molar-refractivity contribution in [1.29, 1.82) is 0 Å². The van der Waals surface area contributed by atoms with E-state index in [0.717, 1.165) is 26.1 Å². The molecule has 5 heteroatoms. The largest absolute Gasteiger partial charge is 0.492 e. The minimum atomic E-state index is -0.434. The van der Waals surface area contributed by atoms with E-state index >= 15 is 0 Å². The van der Waals surface area contributed by atoms with Crippen LogP contribution in [0.25, 0.3) is 0 Å². The number of rotatable bonds is 8. The normalized spacial score (nSPS) is 10.5. The number of nitrogens with one attached hydrogen (secondary N) is 1. The van der Waals surface area contributed by atoms with E-state index in [1.807, 2.05) is 0 Å². The highest BCUT2D eigenvalue weighted by atomic mass is 35.5. The van der Waals surface area contributed by atoms with E-state index in [4.69, 9.17) is 21.1 Å². The van der Waals surface area contributed by atoms with Crippen LogP contribution in [0, 0.1) is 5.82 Å². The summed E-state index contributed by atoms with van der Waals surface area (Å²) < 4.78 is 23.2. The lowest BCUT2D eigenvalue weighted by Gasteiger charge is -2.07. The van der Waals surface area contributed by atoms with Crippen LogP contribution in [0.3, 0.4) is 0 Å². The molecule has 96 valence electrons. The van der Waals surface area contributed by atoms with Crippen LogP contribution in [0.4, 0.5) is 4.39 Å². The van der Waals surface area contributed by atoms with Crippen LogP contribution in [0.1, 0.15) is 6.42 Å². The minimum absolute atomic E-state index is 0.0792. The second-order valence-electron chi connectivity index (χ2n) is 3.52. The first-order chi connectivity index (χ1) is 8.24. The van der Waals surface area contributed by atoms with Crippen molar-refractivity contribution in [3.8, 4) is 5.75 Å². The highest BCUT2D eigenvalue weighted by Gasteiger charge is 2.01. The van der Waals surface area contributed by atoms with Crippen LogP contribution in [-0.2, 0) is 4.74 Å². The van der Waals surface area contributed by atoms with E-state index in [-0.39, 0.29) is 5.02 Å². The summed E-state index contributed by atoms with van der Waals surface area (Å²) in [5.74, 6) is 0.145. The van der Waals surface area contributed by atoms with E-state index in [2.05, 4.69) is 5.32 Å². The average molecular weight is 262 g/mol. The van der Waals surface area contributed by atoms with Crippen LogP contribution in [-0.4, -0.2) is 33.4 Å². The van der Waals surface area contributed by atoms with Crippen LogP contribution < -0.4 is 10.1 Å². The highest BCUT2D eigenvalue weighted by molar-refractivity contribution is 6.30. The van der Waals surface area contributed by atoms with E-state index < -0.39 is 5.82 Å². The van der Waals surface area contributed by atoms with Crippen molar-refractivity contribution in [3.63, 3.8) is 0 Å². The third-order valence-electron chi connectivity index (χ3n) is 2.14. The van der Waals surface area contributed by atoms with E-state index in [0.29, 0.717) is 12.4 Å². The van der Waals surface area contributed by atoms with Gasteiger partial charge in [0, 0.05) is 26.3 Å². The predicted molar refractivity (Wildman–Crippen MR) is 66.3 cm³/mol. The Morgan fingerprint density at radius 3 is 2.82 bits per heavy atom. The maximum Gasteiger partial charge on any atom is 0.142 e. The molecule has 0 aromatic heterocycles. The molecule has 1 rings (SSSR count). The lowest BCUT2D eigenvalue weighted by atomic mass is 10.3. The highest BCUT2D eigenvalue weighted by Crippen LogP contribution is 2.20. The van der Waals surface area contributed by atoms with Gasteiger partial charge in [0.1, 0.15) is 18.2 Å². The number of ether oxygens (including phenoxy) is 2. The number of hydrogen-bond acceptors (Lipinski definition) is 3. The molecule has 1 aromatic carbocycles. The van der Waals surface area contributed by atoms with Gasteiger partial charge in [-0.1, -0.05) is 11.6 Å². The van der Waals surface area contributed by atoms with Crippen molar-refractivity contribution in [3.05, 3.63) is 29.0 Å². The van der Waals surface area contributed by atoms with Crippen LogP contribution in [0.15, 0.2) is 18.2 Å². The molecule has 0 atom stereocenters. The van der Waals surface area contributed by atoms with Gasteiger partial charge < -0.3 is 14.8 Å². The maximum absolute atomic E-state index is 12.8. The van der Waals surface area contributed by atoms with E-state index in [1.54, 1.807) is 13.2 Å². The van der Waals surface area contributed by atoms with Gasteiger partial charge in [-0.15, -0.1) is 0 Å². The Kier molecular flexibility index (Phi) is 6.93. The molecule has 0 unspecified atom stereocenters. The zero-order valence-electron chi connectivity index (χ0n) is 9.84. The van der Waals surface area contributed by atoms with Gasteiger partial charge in [-0.3, -0.25) is 0 Å². The SMILES string of the molecule is COCCCNCCOc1ccc(F)c(Cl)c1. The standard InChI is InChI=1S/C12H17ClFNO2/c1-16-7-2-5-15-6-8-17-10-3-4-12(14)11(13)9-10/h3-4,9,15H,2,5-8H2,1H3. The molecule has 0 bridgehead atoms. The predicted octanol–water partition coefficient (Wildman–Crippen LogP) is 2.48.